The molecule has 0 aromatic rings. The second kappa shape index (κ2) is 33.1. The van der Waals surface area contributed by atoms with Gasteiger partial charge in [-0.1, -0.05) is 78.1 Å². The minimum Gasteiger partial charge on any atom is -0.0654 e. The van der Waals surface area contributed by atoms with Crippen LogP contribution in [0.4, 0.5) is 0 Å². The van der Waals surface area contributed by atoms with Crippen molar-refractivity contribution in [1.29, 1.82) is 0 Å². The fourth-order valence-electron chi connectivity index (χ4n) is 5.96. The molecule has 0 saturated heterocycles. The van der Waals surface area contributed by atoms with Crippen LogP contribution in [0, 0.1) is 0 Å². The Bertz CT molecular complexity index is 729. The van der Waals surface area contributed by atoms with Crippen molar-refractivity contribution < 1.29 is 17.1 Å². The first kappa shape index (κ1) is 47.0. The zero-order chi connectivity index (χ0) is 34.9. The van der Waals surface area contributed by atoms with Crippen LogP contribution in [0.1, 0.15) is 194 Å². The summed E-state index contributed by atoms with van der Waals surface area (Å²) in [7, 11) is 0. The summed E-state index contributed by atoms with van der Waals surface area (Å²) in [5.41, 5.74) is 0. The number of allylic oxidation sites excluding steroid dienone is 4. The molecule has 0 aliphatic rings. The third kappa shape index (κ3) is 35.6. The van der Waals surface area contributed by atoms with Crippen LogP contribution < -0.4 is 0 Å². The molecule has 0 aliphatic carbocycles. The van der Waals surface area contributed by atoms with Gasteiger partial charge in [-0.15, -0.1) is 0 Å². The number of unbranched alkanes of at least 4 members (excludes halogenated alkanes) is 22. The van der Waals surface area contributed by atoms with E-state index in [9.17, 15) is 9.59 Å². The summed E-state index contributed by atoms with van der Waals surface area (Å²) in [5, 5.41) is 0. The molecule has 276 valence electrons. The molecule has 7 heteroatoms. The Morgan fingerprint density at radius 3 is 0.957 bits per heavy atom. The van der Waals surface area contributed by atoms with E-state index in [0.29, 0.717) is 12.8 Å². The summed E-state index contributed by atoms with van der Waals surface area (Å²) in [6.07, 6.45) is 42.5. The third-order valence-electron chi connectivity index (χ3n) is 8.50. The van der Waals surface area contributed by atoms with Crippen molar-refractivity contribution in [2.45, 2.75) is 213 Å². The quantitative estimate of drug-likeness (QED) is 0.0366. The molecule has 0 atom stereocenters. The van der Waals surface area contributed by atoms with Crippen LogP contribution in [0.2, 0.25) is 19.8 Å². The zero-order valence-electron chi connectivity index (χ0n) is 32.1. The molecule has 0 saturated carbocycles. The molecule has 0 heterocycles. The molecule has 0 bridgehead atoms. The standard InChI is InChI=1S/2C18H34O2.4CH3.O.2Sn/c2*1-2-3-4-5-6-7-8-9-10-11-12-13-14-15-16-17-18(19)20;;;;;;;/h2*9-10H,2-8,11-17H2,1H3,(H,19,20);4*1H3;;;/q;;;;;;;2*+1/p-2. The van der Waals surface area contributed by atoms with E-state index in [2.05, 4.69) is 38.2 Å². The van der Waals surface area contributed by atoms with Gasteiger partial charge in [0, 0.05) is 0 Å². The van der Waals surface area contributed by atoms with Gasteiger partial charge in [-0.25, -0.2) is 0 Å². The normalized spacial score (nSPS) is 12.4. The predicted octanol–water partition coefficient (Wildman–Crippen LogP) is 13.6. The molecular formula is C40H78O5Sn2. The van der Waals surface area contributed by atoms with E-state index < -0.39 is 38.4 Å². The first-order chi connectivity index (χ1) is 22.6. The summed E-state index contributed by atoms with van der Waals surface area (Å²) in [4.78, 5) is 32.9. The SMILES string of the molecule is CCCCCCCCC=CCCCCCCCC(=O)[O][Sn]([CH3])([CH3])[O][Sn]([CH3])([CH3])[O]C(=O)CCCCCCCC=CCCCCCCCC. The molecule has 0 N–H and O–H groups in total. The van der Waals surface area contributed by atoms with E-state index in [1.165, 1.54) is 128 Å². The maximum atomic E-state index is 12.5. The molecular weight excluding hydrogens is 798 g/mol. The zero-order valence-corrected chi connectivity index (χ0v) is 37.9. The van der Waals surface area contributed by atoms with E-state index in [4.69, 9.17) is 7.56 Å². The van der Waals surface area contributed by atoms with Gasteiger partial charge in [-0.3, -0.25) is 0 Å². The average molecular weight is 876 g/mol. The van der Waals surface area contributed by atoms with Crippen molar-refractivity contribution in [1.82, 2.24) is 0 Å². The second-order valence-electron chi connectivity index (χ2n) is 14.5. The van der Waals surface area contributed by atoms with Crippen LogP contribution in [-0.2, 0) is 17.1 Å². The van der Waals surface area contributed by atoms with Gasteiger partial charge < -0.3 is 0 Å². The maximum absolute atomic E-state index is 12.5. The minimum absolute atomic E-state index is 0.148. The van der Waals surface area contributed by atoms with Gasteiger partial charge in [-0.05, 0) is 12.8 Å². The number of hydrogen-bond acceptors (Lipinski definition) is 5. The Labute approximate surface area is 303 Å². The van der Waals surface area contributed by atoms with Crippen LogP contribution >= 0.6 is 0 Å². The Balaban J connectivity index is 3.83. The molecule has 0 rings (SSSR count). The molecule has 0 aromatic carbocycles. The topological polar surface area (TPSA) is 61.8 Å². The molecule has 0 amide bonds. The minimum atomic E-state index is -3.53. The number of hydrogen-bond donors (Lipinski definition) is 0. The summed E-state index contributed by atoms with van der Waals surface area (Å²) in [6.45, 7) is 4.53. The fraction of sp³-hybridized carbons (Fsp3) is 0.850. The van der Waals surface area contributed by atoms with Crippen molar-refractivity contribution in [3.63, 3.8) is 0 Å². The van der Waals surface area contributed by atoms with Gasteiger partial charge in [0.05, 0.1) is 0 Å². The molecule has 0 unspecified atom stereocenters. The van der Waals surface area contributed by atoms with Crippen LogP contribution in [-0.4, -0.2) is 50.3 Å². The number of rotatable bonds is 34. The van der Waals surface area contributed by atoms with Gasteiger partial charge in [-0.2, -0.15) is 0 Å². The molecule has 47 heavy (non-hydrogen) atoms. The van der Waals surface area contributed by atoms with E-state index in [1.54, 1.807) is 0 Å². The van der Waals surface area contributed by atoms with Gasteiger partial charge in [0.15, 0.2) is 0 Å². The molecule has 0 radical (unpaired) electrons. The van der Waals surface area contributed by atoms with Crippen molar-refractivity contribution in [3.8, 4) is 0 Å². The first-order valence-electron chi connectivity index (χ1n) is 20.1. The molecule has 0 fully saturated rings. The van der Waals surface area contributed by atoms with Crippen LogP contribution in [0.25, 0.3) is 0 Å². The van der Waals surface area contributed by atoms with E-state index >= 15 is 0 Å². The summed E-state index contributed by atoms with van der Waals surface area (Å²) >= 11 is -7.06. The monoisotopic (exact) mass is 878 g/mol. The second-order valence-corrected chi connectivity index (χ2v) is 36.2. The van der Waals surface area contributed by atoms with Crippen LogP contribution in [0.15, 0.2) is 24.3 Å². The van der Waals surface area contributed by atoms with Gasteiger partial charge >= 0.3 is 214 Å². The Hall–Kier alpha value is -0.0226. The smallest absolute Gasteiger partial charge is 0.0654 e. The van der Waals surface area contributed by atoms with E-state index in [1.807, 2.05) is 19.8 Å². The number of carbonyl (C=O) groups is 2. The summed E-state index contributed by atoms with van der Waals surface area (Å²) in [5.74, 6) is -0.296. The van der Waals surface area contributed by atoms with Crippen LogP contribution in [0.3, 0.4) is 0 Å². The van der Waals surface area contributed by atoms with Crippen molar-refractivity contribution in [2.24, 2.45) is 0 Å². The summed E-state index contributed by atoms with van der Waals surface area (Å²) < 4.78 is 18.1. The molecule has 5 nitrogen and oxygen atoms in total. The molecule has 0 aromatic heterocycles. The first-order valence-corrected chi connectivity index (χ1v) is 36.1. The van der Waals surface area contributed by atoms with Gasteiger partial charge in [0.25, 0.3) is 0 Å². The Morgan fingerprint density at radius 1 is 0.404 bits per heavy atom. The summed E-state index contributed by atoms with van der Waals surface area (Å²) in [6, 6.07) is 0. The van der Waals surface area contributed by atoms with Crippen LogP contribution in [0.5, 0.6) is 0 Å². The van der Waals surface area contributed by atoms with Crippen molar-refractivity contribution in [3.05, 3.63) is 24.3 Å². The predicted molar refractivity (Wildman–Crippen MR) is 207 cm³/mol. The fourth-order valence-corrected chi connectivity index (χ4v) is 37.6. The van der Waals surface area contributed by atoms with Gasteiger partial charge in [0.2, 0.25) is 0 Å². The van der Waals surface area contributed by atoms with Crippen molar-refractivity contribution >= 4 is 50.3 Å². The van der Waals surface area contributed by atoms with E-state index in [0.717, 1.165) is 38.5 Å². The molecule has 0 spiro atoms. The van der Waals surface area contributed by atoms with Gasteiger partial charge in [0.1, 0.15) is 0 Å². The Morgan fingerprint density at radius 2 is 0.660 bits per heavy atom. The Kier molecular flexibility index (Phi) is 33.1. The number of carbonyl (C=O) groups excluding carboxylic acids is 2. The third-order valence-corrected chi connectivity index (χ3v) is 34.2. The molecule has 0 aliphatic heterocycles. The van der Waals surface area contributed by atoms with E-state index in [-0.39, 0.29) is 11.9 Å². The van der Waals surface area contributed by atoms with Crippen molar-refractivity contribution in [2.75, 3.05) is 0 Å². The average Bonchev–Trinajstić information content (AvgIpc) is 2.99.